The fourth-order valence-electron chi connectivity index (χ4n) is 1.16. The van der Waals surface area contributed by atoms with Crippen LogP contribution in [0.25, 0.3) is 0 Å². The molecule has 3 heteroatoms. The Morgan fingerprint density at radius 2 is 2.17 bits per heavy atom. The second-order valence-electron chi connectivity index (χ2n) is 4.15. The standard InChI is InChI=1S/C9H18N2S/c1-4-5-10-8(12)11-7-6-9(7,2)3/h7H,4-6H2,1-3H3,(H2,10,11,12). The van der Waals surface area contributed by atoms with Crippen molar-refractivity contribution >= 4 is 17.3 Å². The van der Waals surface area contributed by atoms with Crippen LogP contribution in [0, 0.1) is 5.41 Å². The Bertz CT molecular complexity index is 177. The maximum Gasteiger partial charge on any atom is 0.166 e. The largest absolute Gasteiger partial charge is 0.363 e. The molecule has 0 saturated heterocycles. The van der Waals surface area contributed by atoms with Crippen LogP contribution in [0.1, 0.15) is 33.6 Å². The van der Waals surface area contributed by atoms with Crippen LogP contribution in [0.3, 0.4) is 0 Å². The van der Waals surface area contributed by atoms with Crippen LogP contribution < -0.4 is 10.6 Å². The Labute approximate surface area is 80.1 Å². The smallest absolute Gasteiger partial charge is 0.166 e. The van der Waals surface area contributed by atoms with Crippen LogP contribution in [-0.2, 0) is 0 Å². The Kier molecular flexibility index (Phi) is 2.94. The molecule has 1 fully saturated rings. The Hall–Kier alpha value is -0.310. The second kappa shape index (κ2) is 3.60. The molecule has 0 heterocycles. The van der Waals surface area contributed by atoms with Gasteiger partial charge in [-0.05, 0) is 30.5 Å². The molecule has 2 N–H and O–H groups in total. The van der Waals surface area contributed by atoms with Gasteiger partial charge in [0.1, 0.15) is 0 Å². The minimum Gasteiger partial charge on any atom is -0.363 e. The van der Waals surface area contributed by atoms with E-state index in [1.54, 1.807) is 0 Å². The maximum absolute atomic E-state index is 5.12. The molecule has 1 rings (SSSR count). The first-order valence-corrected chi connectivity index (χ1v) is 5.01. The van der Waals surface area contributed by atoms with E-state index in [0.29, 0.717) is 11.5 Å². The van der Waals surface area contributed by atoms with Crippen molar-refractivity contribution in [1.82, 2.24) is 10.6 Å². The van der Waals surface area contributed by atoms with Crippen LogP contribution in [0.2, 0.25) is 0 Å². The normalized spacial score (nSPS) is 24.8. The molecule has 0 radical (unpaired) electrons. The lowest BCUT2D eigenvalue weighted by Crippen LogP contribution is -2.38. The van der Waals surface area contributed by atoms with Gasteiger partial charge in [0.25, 0.3) is 0 Å². The monoisotopic (exact) mass is 186 g/mol. The zero-order valence-corrected chi connectivity index (χ0v) is 8.92. The van der Waals surface area contributed by atoms with Crippen molar-refractivity contribution in [2.45, 2.75) is 39.7 Å². The van der Waals surface area contributed by atoms with Gasteiger partial charge in [0.15, 0.2) is 5.11 Å². The number of hydrogen-bond donors (Lipinski definition) is 2. The maximum atomic E-state index is 5.12. The summed E-state index contributed by atoms with van der Waals surface area (Å²) in [5.41, 5.74) is 0.456. The fraction of sp³-hybridized carbons (Fsp3) is 0.889. The Balaban J connectivity index is 2.12. The summed E-state index contributed by atoms with van der Waals surface area (Å²) >= 11 is 5.12. The van der Waals surface area contributed by atoms with Crippen LogP contribution in [0.5, 0.6) is 0 Å². The third kappa shape index (κ3) is 2.63. The SMILES string of the molecule is CCCNC(=S)NC1CC1(C)C. The lowest BCUT2D eigenvalue weighted by molar-refractivity contribution is 0.592. The van der Waals surface area contributed by atoms with Gasteiger partial charge >= 0.3 is 0 Å². The van der Waals surface area contributed by atoms with Crippen LogP contribution in [-0.4, -0.2) is 17.7 Å². The molecule has 1 saturated carbocycles. The predicted octanol–water partition coefficient (Wildman–Crippen LogP) is 1.66. The van der Waals surface area contributed by atoms with E-state index in [9.17, 15) is 0 Å². The van der Waals surface area contributed by atoms with E-state index in [1.807, 2.05) is 0 Å². The molecule has 1 aliphatic carbocycles. The van der Waals surface area contributed by atoms with Gasteiger partial charge < -0.3 is 10.6 Å². The van der Waals surface area contributed by atoms with E-state index in [1.165, 1.54) is 6.42 Å². The molecule has 0 amide bonds. The van der Waals surface area contributed by atoms with Gasteiger partial charge in [-0.3, -0.25) is 0 Å². The van der Waals surface area contributed by atoms with Gasteiger partial charge in [-0.25, -0.2) is 0 Å². The first kappa shape index (κ1) is 9.78. The average Bonchev–Trinajstić information content (AvgIpc) is 2.54. The van der Waals surface area contributed by atoms with Crippen molar-refractivity contribution in [1.29, 1.82) is 0 Å². The summed E-state index contributed by atoms with van der Waals surface area (Å²) in [5.74, 6) is 0. The quantitative estimate of drug-likeness (QED) is 0.656. The van der Waals surface area contributed by atoms with Crippen molar-refractivity contribution < 1.29 is 0 Å². The lowest BCUT2D eigenvalue weighted by Gasteiger charge is -2.10. The summed E-state index contributed by atoms with van der Waals surface area (Å²) in [4.78, 5) is 0. The van der Waals surface area contributed by atoms with E-state index in [-0.39, 0.29) is 0 Å². The van der Waals surface area contributed by atoms with E-state index < -0.39 is 0 Å². The molecule has 0 aromatic carbocycles. The highest BCUT2D eigenvalue weighted by Crippen LogP contribution is 2.44. The lowest BCUT2D eigenvalue weighted by atomic mass is 10.2. The van der Waals surface area contributed by atoms with Crippen molar-refractivity contribution in [2.75, 3.05) is 6.54 Å². The summed E-state index contributed by atoms with van der Waals surface area (Å²) in [7, 11) is 0. The highest BCUT2D eigenvalue weighted by atomic mass is 32.1. The minimum absolute atomic E-state index is 0.456. The van der Waals surface area contributed by atoms with Crippen LogP contribution in [0.4, 0.5) is 0 Å². The van der Waals surface area contributed by atoms with Gasteiger partial charge in [-0.15, -0.1) is 0 Å². The van der Waals surface area contributed by atoms with Crippen molar-refractivity contribution in [2.24, 2.45) is 5.41 Å². The molecule has 1 unspecified atom stereocenters. The number of rotatable bonds is 3. The van der Waals surface area contributed by atoms with Gasteiger partial charge in [0.05, 0.1) is 0 Å². The zero-order chi connectivity index (χ0) is 9.19. The predicted molar refractivity (Wildman–Crippen MR) is 56.2 cm³/mol. The van der Waals surface area contributed by atoms with Crippen LogP contribution >= 0.6 is 12.2 Å². The van der Waals surface area contributed by atoms with Crippen molar-refractivity contribution in [3.63, 3.8) is 0 Å². The average molecular weight is 186 g/mol. The molecule has 0 spiro atoms. The molecule has 0 aromatic heterocycles. The highest BCUT2D eigenvalue weighted by molar-refractivity contribution is 7.80. The number of thiocarbonyl (C=S) groups is 1. The fourth-order valence-corrected chi connectivity index (χ4v) is 1.41. The van der Waals surface area contributed by atoms with Crippen molar-refractivity contribution in [3.05, 3.63) is 0 Å². The first-order chi connectivity index (χ1) is 5.56. The summed E-state index contributed by atoms with van der Waals surface area (Å²) in [6.07, 6.45) is 2.36. The van der Waals surface area contributed by atoms with Crippen molar-refractivity contribution in [3.8, 4) is 0 Å². The first-order valence-electron chi connectivity index (χ1n) is 4.60. The molecule has 1 aliphatic rings. The summed E-state index contributed by atoms with van der Waals surface area (Å²) < 4.78 is 0. The van der Waals surface area contributed by atoms with Gasteiger partial charge in [-0.1, -0.05) is 20.8 Å². The summed E-state index contributed by atoms with van der Waals surface area (Å²) in [5, 5.41) is 7.27. The third-order valence-corrected chi connectivity index (χ3v) is 2.62. The molecule has 12 heavy (non-hydrogen) atoms. The Morgan fingerprint density at radius 3 is 2.58 bits per heavy atom. The molecular weight excluding hydrogens is 168 g/mol. The topological polar surface area (TPSA) is 24.1 Å². The molecule has 2 nitrogen and oxygen atoms in total. The molecule has 0 aliphatic heterocycles. The zero-order valence-electron chi connectivity index (χ0n) is 8.11. The van der Waals surface area contributed by atoms with E-state index in [0.717, 1.165) is 18.1 Å². The highest BCUT2D eigenvalue weighted by Gasteiger charge is 2.45. The minimum atomic E-state index is 0.456. The third-order valence-electron chi connectivity index (χ3n) is 2.35. The van der Waals surface area contributed by atoms with E-state index in [4.69, 9.17) is 12.2 Å². The van der Waals surface area contributed by atoms with Crippen LogP contribution in [0.15, 0.2) is 0 Å². The Morgan fingerprint density at radius 1 is 1.58 bits per heavy atom. The van der Waals surface area contributed by atoms with Gasteiger partial charge in [0, 0.05) is 12.6 Å². The van der Waals surface area contributed by atoms with Gasteiger partial charge in [0.2, 0.25) is 0 Å². The molecule has 1 atom stereocenters. The second-order valence-corrected chi connectivity index (χ2v) is 4.55. The summed E-state index contributed by atoms with van der Waals surface area (Å²) in [6.45, 7) is 7.62. The molecule has 70 valence electrons. The molecule has 0 bridgehead atoms. The number of nitrogens with one attached hydrogen (secondary N) is 2. The molecular formula is C9H18N2S. The number of hydrogen-bond acceptors (Lipinski definition) is 1. The van der Waals surface area contributed by atoms with E-state index >= 15 is 0 Å². The summed E-state index contributed by atoms with van der Waals surface area (Å²) in [6, 6.07) is 0.592. The van der Waals surface area contributed by atoms with Gasteiger partial charge in [-0.2, -0.15) is 0 Å². The molecule has 0 aromatic rings. The van der Waals surface area contributed by atoms with E-state index in [2.05, 4.69) is 31.4 Å².